The summed E-state index contributed by atoms with van der Waals surface area (Å²) in [4.78, 5) is 12.4. The van der Waals surface area contributed by atoms with Gasteiger partial charge in [-0.2, -0.15) is 0 Å². The molecule has 2 rings (SSSR count). The molecule has 6 heteroatoms. The lowest BCUT2D eigenvalue weighted by atomic mass is 10.1. The first-order chi connectivity index (χ1) is 10.8. The summed E-state index contributed by atoms with van der Waals surface area (Å²) in [6.45, 7) is 4.13. The molecule has 0 heterocycles. The van der Waals surface area contributed by atoms with Crippen LogP contribution in [0.4, 0.5) is 5.69 Å². The predicted octanol–water partition coefficient (Wildman–Crippen LogP) is 2.60. The smallest absolute Gasteiger partial charge is 0.251 e. The molecule has 0 radical (unpaired) electrons. The number of carbonyl (C=O) groups is 1. The Labute approximate surface area is 136 Å². The standard InChI is InChI=1S/C17H20N2O3S/c1-12-6-4-7-14(10-12)11-18-17(20)15-8-5-9-16(13(15)2)19-23(3,21)22/h4-10,19H,11H2,1-3H3,(H,18,20). The molecule has 2 aromatic rings. The molecular formula is C17H20N2O3S. The zero-order chi connectivity index (χ0) is 17.0. The minimum absolute atomic E-state index is 0.235. The van der Waals surface area contributed by atoms with Crippen molar-refractivity contribution >= 4 is 21.6 Å². The molecule has 0 spiro atoms. The van der Waals surface area contributed by atoms with E-state index in [4.69, 9.17) is 0 Å². The second kappa shape index (κ2) is 6.83. The van der Waals surface area contributed by atoms with Crippen molar-refractivity contribution in [1.82, 2.24) is 5.32 Å². The Morgan fingerprint density at radius 3 is 2.43 bits per heavy atom. The fraction of sp³-hybridized carbons (Fsp3) is 0.235. The van der Waals surface area contributed by atoms with Gasteiger partial charge in [-0.05, 0) is 37.1 Å². The zero-order valence-corrected chi connectivity index (χ0v) is 14.2. The van der Waals surface area contributed by atoms with E-state index in [0.717, 1.165) is 17.4 Å². The Morgan fingerprint density at radius 2 is 1.78 bits per heavy atom. The average Bonchev–Trinajstić information content (AvgIpc) is 2.46. The molecule has 23 heavy (non-hydrogen) atoms. The molecule has 0 aliphatic rings. The third-order valence-corrected chi connectivity index (χ3v) is 4.00. The largest absolute Gasteiger partial charge is 0.348 e. The highest BCUT2D eigenvalue weighted by molar-refractivity contribution is 7.92. The fourth-order valence-electron chi connectivity index (χ4n) is 2.29. The van der Waals surface area contributed by atoms with E-state index in [1.54, 1.807) is 25.1 Å². The number of sulfonamides is 1. The molecule has 0 saturated heterocycles. The van der Waals surface area contributed by atoms with Gasteiger partial charge in [-0.25, -0.2) is 8.42 Å². The highest BCUT2D eigenvalue weighted by Crippen LogP contribution is 2.20. The number of carbonyl (C=O) groups excluding carboxylic acids is 1. The molecule has 0 aliphatic carbocycles. The quantitative estimate of drug-likeness (QED) is 0.884. The molecule has 0 aliphatic heterocycles. The Hall–Kier alpha value is -2.34. The number of aryl methyl sites for hydroxylation is 1. The predicted molar refractivity (Wildman–Crippen MR) is 92.0 cm³/mol. The van der Waals surface area contributed by atoms with Gasteiger partial charge in [0.15, 0.2) is 0 Å². The van der Waals surface area contributed by atoms with Crippen molar-refractivity contribution in [2.24, 2.45) is 0 Å². The summed E-state index contributed by atoms with van der Waals surface area (Å²) >= 11 is 0. The van der Waals surface area contributed by atoms with Crippen LogP contribution >= 0.6 is 0 Å². The second-order valence-electron chi connectivity index (χ2n) is 5.52. The summed E-state index contributed by atoms with van der Waals surface area (Å²) in [5, 5.41) is 2.86. The Kier molecular flexibility index (Phi) is 5.05. The maximum atomic E-state index is 12.4. The van der Waals surface area contributed by atoms with Gasteiger partial charge in [0, 0.05) is 12.1 Å². The highest BCUT2D eigenvalue weighted by Gasteiger charge is 2.13. The molecule has 5 nitrogen and oxygen atoms in total. The molecule has 122 valence electrons. The van der Waals surface area contributed by atoms with Crippen molar-refractivity contribution in [3.63, 3.8) is 0 Å². The summed E-state index contributed by atoms with van der Waals surface area (Å²) in [5.74, 6) is -0.235. The van der Waals surface area contributed by atoms with Gasteiger partial charge in [-0.3, -0.25) is 9.52 Å². The first kappa shape index (κ1) is 17.0. The number of nitrogens with one attached hydrogen (secondary N) is 2. The first-order valence-electron chi connectivity index (χ1n) is 7.17. The van der Waals surface area contributed by atoms with Gasteiger partial charge in [0.25, 0.3) is 5.91 Å². The second-order valence-corrected chi connectivity index (χ2v) is 7.27. The van der Waals surface area contributed by atoms with Crippen molar-refractivity contribution in [2.75, 3.05) is 11.0 Å². The van der Waals surface area contributed by atoms with E-state index in [2.05, 4.69) is 10.0 Å². The van der Waals surface area contributed by atoms with E-state index in [1.807, 2.05) is 31.2 Å². The van der Waals surface area contributed by atoms with Crippen LogP contribution in [0.3, 0.4) is 0 Å². The van der Waals surface area contributed by atoms with Crippen LogP contribution < -0.4 is 10.0 Å². The topological polar surface area (TPSA) is 75.3 Å². The molecule has 2 N–H and O–H groups in total. The minimum Gasteiger partial charge on any atom is -0.348 e. The summed E-state index contributed by atoms with van der Waals surface area (Å²) in [6.07, 6.45) is 1.08. The van der Waals surface area contributed by atoms with E-state index in [-0.39, 0.29) is 5.91 Å². The van der Waals surface area contributed by atoms with Crippen molar-refractivity contribution in [2.45, 2.75) is 20.4 Å². The van der Waals surface area contributed by atoms with Crippen molar-refractivity contribution in [3.8, 4) is 0 Å². The van der Waals surface area contributed by atoms with Crippen LogP contribution in [0.2, 0.25) is 0 Å². The summed E-state index contributed by atoms with van der Waals surface area (Å²) in [7, 11) is -3.38. The molecule has 1 amide bonds. The van der Waals surface area contributed by atoms with Gasteiger partial charge in [0.05, 0.1) is 11.9 Å². The van der Waals surface area contributed by atoms with Crippen molar-refractivity contribution in [1.29, 1.82) is 0 Å². The summed E-state index contributed by atoms with van der Waals surface area (Å²) in [6, 6.07) is 12.9. The van der Waals surface area contributed by atoms with Crippen molar-refractivity contribution < 1.29 is 13.2 Å². The van der Waals surface area contributed by atoms with Gasteiger partial charge in [-0.15, -0.1) is 0 Å². The lowest BCUT2D eigenvalue weighted by Crippen LogP contribution is -2.24. The molecule has 0 unspecified atom stereocenters. The normalized spacial score (nSPS) is 11.1. The lowest BCUT2D eigenvalue weighted by Gasteiger charge is -2.12. The van der Waals surface area contributed by atoms with Gasteiger partial charge < -0.3 is 5.32 Å². The maximum Gasteiger partial charge on any atom is 0.251 e. The van der Waals surface area contributed by atoms with Crippen molar-refractivity contribution in [3.05, 3.63) is 64.7 Å². The number of benzene rings is 2. The van der Waals surface area contributed by atoms with Crippen LogP contribution in [0.15, 0.2) is 42.5 Å². The van der Waals surface area contributed by atoms with E-state index in [1.165, 1.54) is 0 Å². The van der Waals surface area contributed by atoms with E-state index in [9.17, 15) is 13.2 Å². The van der Waals surface area contributed by atoms with Crippen LogP contribution in [0.25, 0.3) is 0 Å². The molecule has 0 fully saturated rings. The van der Waals surface area contributed by atoms with Crippen LogP contribution in [-0.4, -0.2) is 20.6 Å². The van der Waals surface area contributed by atoms with Gasteiger partial charge in [0.1, 0.15) is 0 Å². The van der Waals surface area contributed by atoms with E-state index >= 15 is 0 Å². The third kappa shape index (κ3) is 4.82. The average molecular weight is 332 g/mol. The minimum atomic E-state index is -3.38. The zero-order valence-electron chi connectivity index (χ0n) is 13.4. The number of amides is 1. The van der Waals surface area contributed by atoms with Crippen LogP contribution in [0.1, 0.15) is 27.0 Å². The number of rotatable bonds is 5. The molecule has 0 bridgehead atoms. The van der Waals surface area contributed by atoms with E-state index in [0.29, 0.717) is 23.4 Å². The SMILES string of the molecule is Cc1cccc(CNC(=O)c2cccc(NS(C)(=O)=O)c2C)c1. The van der Waals surface area contributed by atoms with Crippen LogP contribution in [-0.2, 0) is 16.6 Å². The number of anilines is 1. The lowest BCUT2D eigenvalue weighted by molar-refractivity contribution is 0.0950. The third-order valence-electron chi connectivity index (χ3n) is 3.41. The molecular weight excluding hydrogens is 312 g/mol. The van der Waals surface area contributed by atoms with Crippen LogP contribution in [0.5, 0.6) is 0 Å². The molecule has 0 saturated carbocycles. The van der Waals surface area contributed by atoms with Gasteiger partial charge >= 0.3 is 0 Å². The van der Waals surface area contributed by atoms with Gasteiger partial charge in [-0.1, -0.05) is 35.9 Å². The number of hydrogen-bond donors (Lipinski definition) is 2. The monoisotopic (exact) mass is 332 g/mol. The molecule has 2 aromatic carbocycles. The Morgan fingerprint density at radius 1 is 1.09 bits per heavy atom. The summed E-state index contributed by atoms with van der Waals surface area (Å²) < 4.78 is 25.1. The molecule has 0 atom stereocenters. The first-order valence-corrected chi connectivity index (χ1v) is 9.06. The van der Waals surface area contributed by atoms with Gasteiger partial charge in [0.2, 0.25) is 10.0 Å². The Bertz CT molecular complexity index is 829. The highest BCUT2D eigenvalue weighted by atomic mass is 32.2. The Balaban J connectivity index is 2.15. The fourth-order valence-corrected chi connectivity index (χ4v) is 2.91. The van der Waals surface area contributed by atoms with Crippen LogP contribution in [0, 0.1) is 13.8 Å². The molecule has 0 aromatic heterocycles. The number of hydrogen-bond acceptors (Lipinski definition) is 3. The summed E-state index contributed by atoms with van der Waals surface area (Å²) in [5.41, 5.74) is 3.61. The maximum absolute atomic E-state index is 12.4. The van der Waals surface area contributed by atoms with E-state index < -0.39 is 10.0 Å².